The predicted molar refractivity (Wildman–Crippen MR) is 99.1 cm³/mol. The van der Waals surface area contributed by atoms with Crippen molar-refractivity contribution < 1.29 is 19.1 Å². The molecule has 1 heterocycles. The van der Waals surface area contributed by atoms with Crippen LogP contribution in [0.5, 0.6) is 11.5 Å². The van der Waals surface area contributed by atoms with Crippen LogP contribution in [0, 0.1) is 36.0 Å². The van der Waals surface area contributed by atoms with Gasteiger partial charge in [-0.05, 0) is 42.9 Å². The fourth-order valence-corrected chi connectivity index (χ4v) is 4.30. The number of imide groups is 1. The molecule has 0 spiro atoms. The number of benzene rings is 1. The van der Waals surface area contributed by atoms with Gasteiger partial charge in [-0.1, -0.05) is 18.1 Å². The zero-order chi connectivity index (χ0) is 19.0. The van der Waals surface area contributed by atoms with Crippen LogP contribution in [0.2, 0.25) is 0 Å². The van der Waals surface area contributed by atoms with Gasteiger partial charge >= 0.3 is 0 Å². The van der Waals surface area contributed by atoms with Crippen LogP contribution in [-0.2, 0) is 9.59 Å². The first-order chi connectivity index (χ1) is 13.1. The molecule has 2 bridgehead atoms. The maximum absolute atomic E-state index is 12.8. The molecule has 1 saturated carbocycles. The smallest absolute Gasteiger partial charge is 0.254 e. The molecule has 5 rings (SSSR count). The molecule has 1 aliphatic heterocycles. The maximum Gasteiger partial charge on any atom is 0.254 e. The van der Waals surface area contributed by atoms with E-state index in [-0.39, 0.29) is 42.1 Å². The highest BCUT2D eigenvalue weighted by atomic mass is 16.5. The molecule has 3 aliphatic carbocycles. The molecule has 0 radical (unpaired) electrons. The molecule has 2 amide bonds. The second-order valence-electron chi connectivity index (χ2n) is 6.97. The molecule has 2 fully saturated rings. The fourth-order valence-electron chi connectivity index (χ4n) is 4.30. The summed E-state index contributed by atoms with van der Waals surface area (Å²) in [5, 5.41) is 5.24. The highest BCUT2D eigenvalue weighted by Gasteiger charge is 2.56. The summed E-state index contributed by atoms with van der Waals surface area (Å²) in [6.45, 7) is 0.105. The van der Waals surface area contributed by atoms with E-state index < -0.39 is 0 Å². The van der Waals surface area contributed by atoms with Crippen molar-refractivity contribution in [2.75, 3.05) is 13.7 Å². The maximum atomic E-state index is 12.8. The third-order valence-corrected chi connectivity index (χ3v) is 5.58. The number of terminal acetylenes is 1. The molecule has 6 nitrogen and oxygen atoms in total. The van der Waals surface area contributed by atoms with E-state index in [4.69, 9.17) is 15.9 Å². The third-order valence-electron chi connectivity index (χ3n) is 5.58. The van der Waals surface area contributed by atoms with E-state index in [1.807, 2.05) is 0 Å². The minimum absolute atomic E-state index is 0.105. The largest absolute Gasteiger partial charge is 0.497 e. The Morgan fingerprint density at radius 1 is 1.22 bits per heavy atom. The first-order valence-corrected chi connectivity index (χ1v) is 8.98. The van der Waals surface area contributed by atoms with Crippen molar-refractivity contribution in [1.82, 2.24) is 5.01 Å². The number of methoxy groups -OCH3 is 1. The predicted octanol–water partition coefficient (Wildman–Crippen LogP) is 2.24. The van der Waals surface area contributed by atoms with Gasteiger partial charge in [0.05, 0.1) is 25.2 Å². The lowest BCUT2D eigenvalue weighted by Crippen LogP contribution is -2.38. The van der Waals surface area contributed by atoms with Gasteiger partial charge in [0.15, 0.2) is 0 Å². The lowest BCUT2D eigenvalue weighted by Gasteiger charge is -2.37. The lowest BCUT2D eigenvalue weighted by molar-refractivity contribution is -0.140. The lowest BCUT2D eigenvalue weighted by atomic mass is 9.63. The molecule has 1 saturated heterocycles. The number of hydrogen-bond acceptors (Lipinski definition) is 5. The number of nitrogens with zero attached hydrogens (tertiary/aromatic N) is 2. The highest BCUT2D eigenvalue weighted by molar-refractivity contribution is 6.06. The van der Waals surface area contributed by atoms with E-state index in [2.05, 4.69) is 23.2 Å². The van der Waals surface area contributed by atoms with Gasteiger partial charge in [0.25, 0.3) is 11.8 Å². The Morgan fingerprint density at radius 2 is 1.89 bits per heavy atom. The van der Waals surface area contributed by atoms with Crippen molar-refractivity contribution in [3.8, 4) is 23.8 Å². The van der Waals surface area contributed by atoms with Crippen LogP contribution in [0.4, 0.5) is 0 Å². The number of hydrazone groups is 1. The fraction of sp³-hybridized carbons (Fsp3) is 0.381. The molecule has 138 valence electrons. The van der Waals surface area contributed by atoms with Crippen LogP contribution in [0.25, 0.3) is 0 Å². The average Bonchev–Trinajstić information content (AvgIpc) is 2.98. The van der Waals surface area contributed by atoms with E-state index in [1.165, 1.54) is 6.21 Å². The zero-order valence-electron chi connectivity index (χ0n) is 15.0. The number of hydrogen-bond donors (Lipinski definition) is 0. The first-order valence-electron chi connectivity index (χ1n) is 8.98. The molecule has 27 heavy (non-hydrogen) atoms. The van der Waals surface area contributed by atoms with E-state index >= 15 is 0 Å². The van der Waals surface area contributed by atoms with Crippen LogP contribution in [0.1, 0.15) is 18.4 Å². The molecule has 1 aromatic carbocycles. The van der Waals surface area contributed by atoms with Crippen LogP contribution < -0.4 is 9.47 Å². The summed E-state index contributed by atoms with van der Waals surface area (Å²) in [6, 6.07) is 5.18. The van der Waals surface area contributed by atoms with Crippen LogP contribution in [0.15, 0.2) is 35.5 Å². The summed E-state index contributed by atoms with van der Waals surface area (Å²) in [7, 11) is 1.55. The summed E-state index contributed by atoms with van der Waals surface area (Å²) in [4.78, 5) is 25.6. The SMILES string of the molecule is C#CCOc1ccc(OC)cc1/C=N\N1C(=O)[C@@H]2[C@H](C1=O)[C@H]1C=C[C@H]2CC1. The molecule has 4 aliphatic rings. The quantitative estimate of drug-likeness (QED) is 0.348. The summed E-state index contributed by atoms with van der Waals surface area (Å²) < 4.78 is 10.7. The number of allylic oxidation sites excluding steroid dienone is 2. The molecular weight excluding hydrogens is 344 g/mol. The van der Waals surface area contributed by atoms with E-state index in [0.717, 1.165) is 17.9 Å². The van der Waals surface area contributed by atoms with Gasteiger partial charge in [-0.15, -0.1) is 6.42 Å². The molecule has 1 aromatic rings. The normalized spacial score (nSPS) is 28.5. The molecule has 6 heteroatoms. The Bertz CT molecular complexity index is 851. The van der Waals surface area contributed by atoms with Crippen LogP contribution in [0.3, 0.4) is 0 Å². The van der Waals surface area contributed by atoms with Gasteiger partial charge in [0, 0.05) is 5.56 Å². The number of ether oxygens (including phenoxy) is 2. The summed E-state index contributed by atoms with van der Waals surface area (Å²) in [5.41, 5.74) is 0.584. The second-order valence-corrected chi connectivity index (χ2v) is 6.97. The number of fused-ring (bicyclic) bond motifs is 1. The van der Waals surface area contributed by atoms with Gasteiger partial charge < -0.3 is 9.47 Å². The van der Waals surface area contributed by atoms with Crippen LogP contribution in [-0.4, -0.2) is 36.8 Å². The molecule has 0 unspecified atom stereocenters. The number of carbonyl (C=O) groups excluding carboxylic acids is 2. The second kappa shape index (κ2) is 6.92. The zero-order valence-corrected chi connectivity index (χ0v) is 15.0. The van der Waals surface area contributed by atoms with Gasteiger partial charge in [-0.3, -0.25) is 9.59 Å². The van der Waals surface area contributed by atoms with Crippen molar-refractivity contribution >= 4 is 18.0 Å². The van der Waals surface area contributed by atoms with Crippen LogP contribution >= 0.6 is 0 Å². The third kappa shape index (κ3) is 2.89. The Hall–Kier alpha value is -3.07. The van der Waals surface area contributed by atoms with Crippen molar-refractivity contribution in [3.63, 3.8) is 0 Å². The first kappa shape index (κ1) is 17.3. The standard InChI is InChI=1S/C21H20N2O4/c1-3-10-27-17-9-8-16(26-2)11-15(17)12-22-23-20(24)18-13-4-5-14(7-6-13)19(18)21(23)25/h1,4-5,8-9,11-14,18-19H,6-7,10H2,2H3/b22-12-/t13-,14-,18-,19+/m0/s1. The van der Waals surface area contributed by atoms with Gasteiger partial charge in [-0.25, -0.2) is 0 Å². The van der Waals surface area contributed by atoms with Crippen molar-refractivity contribution in [2.24, 2.45) is 28.8 Å². The Balaban J connectivity index is 1.61. The minimum Gasteiger partial charge on any atom is -0.497 e. The van der Waals surface area contributed by atoms with Gasteiger partial charge in [-0.2, -0.15) is 10.1 Å². The summed E-state index contributed by atoms with van der Waals surface area (Å²) in [5.74, 6) is 2.83. The molecule has 0 N–H and O–H groups in total. The van der Waals surface area contributed by atoms with Gasteiger partial charge in [0.1, 0.15) is 18.1 Å². The molecule has 0 aromatic heterocycles. The van der Waals surface area contributed by atoms with E-state index in [1.54, 1.807) is 25.3 Å². The highest BCUT2D eigenvalue weighted by Crippen LogP contribution is 2.49. The molecule has 4 atom stereocenters. The van der Waals surface area contributed by atoms with E-state index in [9.17, 15) is 9.59 Å². The topological polar surface area (TPSA) is 68.2 Å². The summed E-state index contributed by atoms with van der Waals surface area (Å²) in [6.07, 6.45) is 12.8. The average molecular weight is 364 g/mol. The number of rotatable bonds is 5. The monoisotopic (exact) mass is 364 g/mol. The molecular formula is C21H20N2O4. The van der Waals surface area contributed by atoms with Gasteiger partial charge in [0.2, 0.25) is 0 Å². The summed E-state index contributed by atoms with van der Waals surface area (Å²) >= 11 is 0. The van der Waals surface area contributed by atoms with Crippen molar-refractivity contribution in [2.45, 2.75) is 12.8 Å². The Labute approximate surface area is 157 Å². The van der Waals surface area contributed by atoms with E-state index in [0.29, 0.717) is 17.1 Å². The van der Waals surface area contributed by atoms with Crippen molar-refractivity contribution in [1.29, 1.82) is 0 Å². The van der Waals surface area contributed by atoms with Crippen molar-refractivity contribution in [3.05, 3.63) is 35.9 Å². The Kier molecular flexibility index (Phi) is 4.44. The number of carbonyl (C=O) groups is 2. The number of amides is 2. The minimum atomic E-state index is -0.277. The Morgan fingerprint density at radius 3 is 2.44 bits per heavy atom.